The molecule has 0 aliphatic carbocycles. The third-order valence-corrected chi connectivity index (χ3v) is 5.15. The fraction of sp³-hybridized carbons (Fsp3) is 0.294. The Morgan fingerprint density at radius 3 is 2.71 bits per heavy atom. The summed E-state index contributed by atoms with van der Waals surface area (Å²) in [7, 11) is 0. The number of thioether (sulfide) groups is 1. The highest BCUT2D eigenvalue weighted by Crippen LogP contribution is 2.20. The van der Waals surface area contributed by atoms with Crippen molar-refractivity contribution in [1.29, 1.82) is 0 Å². The van der Waals surface area contributed by atoms with Crippen LogP contribution in [-0.4, -0.2) is 31.1 Å². The maximum Gasteiger partial charge on any atom is 0.256 e. The lowest BCUT2D eigenvalue weighted by atomic mass is 10.1. The Kier molecular flexibility index (Phi) is 5.30. The SMILES string of the molecule is Cc1cc(C)n2c(SCCCC(=O)c3ccc(Br)cc3)nnc2n1. The molecular weight excluding hydrogens is 388 g/mol. The molecule has 0 saturated carbocycles. The van der Waals surface area contributed by atoms with Crippen LogP contribution >= 0.6 is 27.7 Å². The number of fused-ring (bicyclic) bond motifs is 1. The molecule has 3 aromatic rings. The summed E-state index contributed by atoms with van der Waals surface area (Å²) in [6, 6.07) is 9.49. The van der Waals surface area contributed by atoms with Gasteiger partial charge < -0.3 is 0 Å². The smallest absolute Gasteiger partial charge is 0.256 e. The van der Waals surface area contributed by atoms with E-state index in [0.29, 0.717) is 12.2 Å². The van der Waals surface area contributed by atoms with Crippen molar-refractivity contribution < 1.29 is 4.79 Å². The van der Waals surface area contributed by atoms with Gasteiger partial charge in [0.15, 0.2) is 10.9 Å². The summed E-state index contributed by atoms with van der Waals surface area (Å²) in [6.45, 7) is 3.97. The maximum absolute atomic E-state index is 12.2. The number of carbonyl (C=O) groups excluding carboxylic acids is 1. The lowest BCUT2D eigenvalue weighted by Crippen LogP contribution is -2.00. The number of ketones is 1. The summed E-state index contributed by atoms with van der Waals surface area (Å²) in [5, 5.41) is 9.15. The van der Waals surface area contributed by atoms with E-state index in [9.17, 15) is 4.79 Å². The van der Waals surface area contributed by atoms with Crippen molar-refractivity contribution in [2.24, 2.45) is 0 Å². The van der Waals surface area contributed by atoms with Gasteiger partial charge in [-0.05, 0) is 38.5 Å². The number of halogens is 1. The highest BCUT2D eigenvalue weighted by molar-refractivity contribution is 9.10. The van der Waals surface area contributed by atoms with E-state index < -0.39 is 0 Å². The van der Waals surface area contributed by atoms with E-state index in [4.69, 9.17) is 0 Å². The minimum absolute atomic E-state index is 0.169. The topological polar surface area (TPSA) is 60.2 Å². The Bertz CT molecular complexity index is 876. The lowest BCUT2D eigenvalue weighted by molar-refractivity contribution is 0.0982. The molecule has 2 aromatic heterocycles. The first-order valence-electron chi connectivity index (χ1n) is 7.65. The second kappa shape index (κ2) is 7.44. The number of nitrogens with zero attached hydrogens (tertiary/aromatic N) is 4. The predicted octanol–water partition coefficient (Wildman–Crippen LogP) is 4.26. The van der Waals surface area contributed by atoms with Crippen molar-refractivity contribution >= 4 is 39.3 Å². The molecule has 7 heteroatoms. The molecule has 0 amide bonds. The second-order valence-electron chi connectivity index (χ2n) is 5.54. The third-order valence-electron chi connectivity index (χ3n) is 3.61. The summed E-state index contributed by atoms with van der Waals surface area (Å²) in [5.74, 6) is 1.61. The fourth-order valence-corrected chi connectivity index (χ4v) is 3.66. The van der Waals surface area contributed by atoms with E-state index >= 15 is 0 Å². The van der Waals surface area contributed by atoms with Crippen LogP contribution in [-0.2, 0) is 0 Å². The van der Waals surface area contributed by atoms with E-state index in [-0.39, 0.29) is 5.78 Å². The predicted molar refractivity (Wildman–Crippen MR) is 98.7 cm³/mol. The summed E-state index contributed by atoms with van der Waals surface area (Å²) in [4.78, 5) is 16.5. The van der Waals surface area contributed by atoms with Gasteiger partial charge in [-0.1, -0.05) is 39.8 Å². The van der Waals surface area contributed by atoms with Crippen LogP contribution in [0, 0.1) is 13.8 Å². The number of hydrogen-bond donors (Lipinski definition) is 0. The van der Waals surface area contributed by atoms with Gasteiger partial charge in [0.05, 0.1) is 0 Å². The summed E-state index contributed by atoms with van der Waals surface area (Å²) < 4.78 is 2.93. The first-order chi connectivity index (χ1) is 11.5. The molecule has 0 fully saturated rings. The highest BCUT2D eigenvalue weighted by atomic mass is 79.9. The van der Waals surface area contributed by atoms with Gasteiger partial charge in [0.25, 0.3) is 5.78 Å². The number of aryl methyl sites for hydroxylation is 2. The van der Waals surface area contributed by atoms with Gasteiger partial charge in [-0.25, -0.2) is 4.98 Å². The molecule has 2 heterocycles. The molecule has 3 rings (SSSR count). The van der Waals surface area contributed by atoms with Crippen molar-refractivity contribution in [3.8, 4) is 0 Å². The molecule has 0 bridgehead atoms. The number of benzene rings is 1. The molecule has 1 aromatic carbocycles. The number of carbonyl (C=O) groups is 1. The summed E-state index contributed by atoms with van der Waals surface area (Å²) in [5.41, 5.74) is 2.76. The van der Waals surface area contributed by atoms with Gasteiger partial charge >= 0.3 is 0 Å². The van der Waals surface area contributed by atoms with Gasteiger partial charge in [-0.2, -0.15) is 0 Å². The highest BCUT2D eigenvalue weighted by Gasteiger charge is 2.11. The van der Waals surface area contributed by atoms with Crippen LogP contribution in [0.25, 0.3) is 5.78 Å². The molecular formula is C17H17BrN4OS. The van der Waals surface area contributed by atoms with Crippen LogP contribution in [0.1, 0.15) is 34.6 Å². The average molecular weight is 405 g/mol. The second-order valence-corrected chi connectivity index (χ2v) is 7.52. The van der Waals surface area contributed by atoms with Crippen molar-refractivity contribution in [1.82, 2.24) is 19.6 Å². The Balaban J connectivity index is 1.57. The molecule has 5 nitrogen and oxygen atoms in total. The molecule has 0 N–H and O–H groups in total. The van der Waals surface area contributed by atoms with Gasteiger partial charge in [-0.3, -0.25) is 9.20 Å². The minimum atomic E-state index is 0.169. The minimum Gasteiger partial charge on any atom is -0.294 e. The Labute approximate surface area is 153 Å². The molecule has 24 heavy (non-hydrogen) atoms. The van der Waals surface area contributed by atoms with Gasteiger partial charge in [-0.15, -0.1) is 10.2 Å². The zero-order valence-electron chi connectivity index (χ0n) is 13.5. The zero-order chi connectivity index (χ0) is 17.1. The van der Waals surface area contributed by atoms with E-state index in [1.807, 2.05) is 48.6 Å². The van der Waals surface area contributed by atoms with Crippen LogP contribution in [0.15, 0.2) is 40.0 Å². The molecule has 124 valence electrons. The van der Waals surface area contributed by atoms with Gasteiger partial charge in [0, 0.05) is 33.6 Å². The van der Waals surface area contributed by atoms with E-state index in [2.05, 4.69) is 31.1 Å². The number of hydrogen-bond acceptors (Lipinski definition) is 5. The van der Waals surface area contributed by atoms with E-state index in [0.717, 1.165) is 38.8 Å². The zero-order valence-corrected chi connectivity index (χ0v) is 15.9. The Morgan fingerprint density at radius 1 is 1.21 bits per heavy atom. The van der Waals surface area contributed by atoms with Crippen LogP contribution < -0.4 is 0 Å². The molecule has 0 aliphatic heterocycles. The molecule has 0 saturated heterocycles. The van der Waals surface area contributed by atoms with Gasteiger partial charge in [0.2, 0.25) is 0 Å². The quantitative estimate of drug-likeness (QED) is 0.349. The molecule has 0 aliphatic rings. The van der Waals surface area contributed by atoms with Crippen molar-refractivity contribution in [2.75, 3.05) is 5.75 Å². The number of rotatable bonds is 6. The standard InChI is InChI=1S/C17H17BrN4OS/c1-11-10-12(2)22-16(19-11)20-21-17(22)24-9-3-4-15(23)13-5-7-14(18)8-6-13/h5-8,10H,3-4,9H2,1-2H3. The third kappa shape index (κ3) is 3.84. The fourth-order valence-electron chi connectivity index (χ4n) is 2.47. The van der Waals surface area contributed by atoms with Crippen LogP contribution in [0.3, 0.4) is 0 Å². The largest absolute Gasteiger partial charge is 0.294 e. The summed E-state index contributed by atoms with van der Waals surface area (Å²) >= 11 is 4.98. The van der Waals surface area contributed by atoms with Crippen molar-refractivity contribution in [2.45, 2.75) is 31.8 Å². The first kappa shape index (κ1) is 17.1. The molecule has 0 spiro atoms. The monoisotopic (exact) mass is 404 g/mol. The average Bonchev–Trinajstić information content (AvgIpc) is 2.95. The van der Waals surface area contributed by atoms with Gasteiger partial charge in [0.1, 0.15) is 0 Å². The molecule has 0 unspecified atom stereocenters. The van der Waals surface area contributed by atoms with Crippen molar-refractivity contribution in [3.63, 3.8) is 0 Å². The first-order valence-corrected chi connectivity index (χ1v) is 9.43. The Hall–Kier alpha value is -1.73. The number of Topliss-reactive ketones (excluding diaryl/α,β-unsaturated/α-hetero) is 1. The summed E-state index contributed by atoms with van der Waals surface area (Å²) in [6.07, 6.45) is 1.33. The van der Waals surface area contributed by atoms with Crippen LogP contribution in [0.2, 0.25) is 0 Å². The van der Waals surface area contributed by atoms with E-state index in [1.54, 1.807) is 11.8 Å². The van der Waals surface area contributed by atoms with Crippen molar-refractivity contribution in [3.05, 3.63) is 51.8 Å². The van der Waals surface area contributed by atoms with Crippen LogP contribution in [0.4, 0.5) is 0 Å². The molecule has 0 atom stereocenters. The van der Waals surface area contributed by atoms with Crippen LogP contribution in [0.5, 0.6) is 0 Å². The maximum atomic E-state index is 12.2. The molecule has 0 radical (unpaired) electrons. The number of aromatic nitrogens is 4. The van der Waals surface area contributed by atoms with E-state index in [1.165, 1.54) is 0 Å². The normalized spacial score (nSPS) is 11.1. The Morgan fingerprint density at radius 2 is 1.96 bits per heavy atom. The lowest BCUT2D eigenvalue weighted by Gasteiger charge is -2.04.